The summed E-state index contributed by atoms with van der Waals surface area (Å²) in [7, 11) is 0. The van der Waals surface area contributed by atoms with Gasteiger partial charge in [0.15, 0.2) is 0 Å². The lowest BCUT2D eigenvalue weighted by molar-refractivity contribution is -0.138. The van der Waals surface area contributed by atoms with Gasteiger partial charge in [-0.1, -0.05) is 6.07 Å². The maximum absolute atomic E-state index is 12.5. The van der Waals surface area contributed by atoms with Crippen LogP contribution in [0.1, 0.15) is 24.4 Å². The summed E-state index contributed by atoms with van der Waals surface area (Å²) >= 11 is 0. The molecule has 0 spiro atoms. The molecule has 1 saturated heterocycles. The Bertz CT molecular complexity index is 440. The lowest BCUT2D eigenvalue weighted by Crippen LogP contribution is -2.45. The Hall–Kier alpha value is -0.760. The standard InChI is InChI=1S/C13H19F3N4.2ClH/c14-13(15,16)4-3-11(20-8-6-18-7-9-20)10-2-1-5-19-12(10)17;;/h1-2,5,11,18H,3-4,6-9H2,(H2,17,19);2*1H/t11-;;/m0../s1. The molecule has 0 aromatic carbocycles. The van der Waals surface area contributed by atoms with Crippen LogP contribution < -0.4 is 11.1 Å². The molecule has 0 bridgehead atoms. The van der Waals surface area contributed by atoms with E-state index >= 15 is 0 Å². The molecular formula is C13H21Cl2F3N4. The molecule has 1 aromatic heterocycles. The monoisotopic (exact) mass is 360 g/mol. The third-order valence-electron chi connectivity index (χ3n) is 3.52. The molecule has 2 heterocycles. The third kappa shape index (κ3) is 6.16. The molecule has 0 unspecified atom stereocenters. The van der Waals surface area contributed by atoms with E-state index in [1.54, 1.807) is 18.3 Å². The van der Waals surface area contributed by atoms with Crippen molar-refractivity contribution in [2.24, 2.45) is 0 Å². The second-order valence-electron chi connectivity index (χ2n) is 4.93. The van der Waals surface area contributed by atoms with Gasteiger partial charge in [-0.15, -0.1) is 24.8 Å². The van der Waals surface area contributed by atoms with E-state index in [-0.39, 0.29) is 37.3 Å². The van der Waals surface area contributed by atoms with Crippen molar-refractivity contribution in [1.82, 2.24) is 15.2 Å². The van der Waals surface area contributed by atoms with Crippen LogP contribution in [0.2, 0.25) is 0 Å². The first-order valence-electron chi connectivity index (χ1n) is 6.69. The van der Waals surface area contributed by atoms with E-state index in [0.717, 1.165) is 26.2 Å². The van der Waals surface area contributed by atoms with Crippen LogP contribution in [0.15, 0.2) is 18.3 Å². The lowest BCUT2D eigenvalue weighted by atomic mass is 10.00. The van der Waals surface area contributed by atoms with E-state index in [2.05, 4.69) is 15.2 Å². The van der Waals surface area contributed by atoms with E-state index < -0.39 is 12.6 Å². The van der Waals surface area contributed by atoms with Crippen molar-refractivity contribution in [2.45, 2.75) is 25.1 Å². The Morgan fingerprint density at radius 1 is 1.27 bits per heavy atom. The number of pyridine rings is 1. The molecule has 0 radical (unpaired) electrons. The van der Waals surface area contributed by atoms with E-state index in [1.807, 2.05) is 0 Å². The zero-order valence-corrected chi connectivity index (χ0v) is 13.6. The SMILES string of the molecule is Cl.Cl.Nc1ncccc1[C@H](CCC(F)(F)F)N1CCNCC1. The van der Waals surface area contributed by atoms with Gasteiger partial charge in [-0.3, -0.25) is 4.90 Å². The van der Waals surface area contributed by atoms with Gasteiger partial charge in [-0.25, -0.2) is 4.98 Å². The van der Waals surface area contributed by atoms with Crippen molar-refractivity contribution in [3.63, 3.8) is 0 Å². The van der Waals surface area contributed by atoms with E-state index in [0.29, 0.717) is 11.4 Å². The molecule has 3 N–H and O–H groups in total. The lowest BCUT2D eigenvalue weighted by Gasteiger charge is -2.35. The van der Waals surface area contributed by atoms with Gasteiger partial charge < -0.3 is 11.1 Å². The molecule has 1 fully saturated rings. The molecule has 1 aromatic rings. The highest BCUT2D eigenvalue weighted by Crippen LogP contribution is 2.33. The summed E-state index contributed by atoms with van der Waals surface area (Å²) in [6, 6.07) is 3.16. The molecule has 9 heteroatoms. The molecule has 0 saturated carbocycles. The minimum Gasteiger partial charge on any atom is -0.383 e. The molecule has 128 valence electrons. The number of aromatic nitrogens is 1. The fourth-order valence-corrected chi connectivity index (χ4v) is 2.54. The zero-order valence-electron chi connectivity index (χ0n) is 12.0. The number of nitrogens with zero attached hydrogens (tertiary/aromatic N) is 2. The number of nitrogens with one attached hydrogen (secondary N) is 1. The Kier molecular flexibility index (Phi) is 9.07. The van der Waals surface area contributed by atoms with Crippen LogP contribution >= 0.6 is 24.8 Å². The fourth-order valence-electron chi connectivity index (χ4n) is 2.54. The van der Waals surface area contributed by atoms with Crippen LogP contribution in [0.5, 0.6) is 0 Å². The van der Waals surface area contributed by atoms with Crippen LogP contribution in [0, 0.1) is 0 Å². The highest BCUT2D eigenvalue weighted by atomic mass is 35.5. The Balaban J connectivity index is 0.00000220. The number of nitrogen functional groups attached to an aromatic ring is 1. The molecule has 1 atom stereocenters. The van der Waals surface area contributed by atoms with Gasteiger partial charge in [0.1, 0.15) is 5.82 Å². The number of anilines is 1. The first-order valence-corrected chi connectivity index (χ1v) is 6.69. The predicted molar refractivity (Wildman–Crippen MR) is 85.6 cm³/mol. The zero-order chi connectivity index (χ0) is 14.6. The number of rotatable bonds is 4. The van der Waals surface area contributed by atoms with Crippen molar-refractivity contribution in [3.8, 4) is 0 Å². The molecular weight excluding hydrogens is 340 g/mol. The Morgan fingerprint density at radius 3 is 2.45 bits per heavy atom. The minimum atomic E-state index is -4.15. The van der Waals surface area contributed by atoms with Gasteiger partial charge in [0.25, 0.3) is 0 Å². The van der Waals surface area contributed by atoms with Crippen molar-refractivity contribution >= 4 is 30.6 Å². The van der Waals surface area contributed by atoms with Crippen molar-refractivity contribution in [1.29, 1.82) is 0 Å². The predicted octanol–water partition coefficient (Wildman–Crippen LogP) is 2.80. The summed E-state index contributed by atoms with van der Waals surface area (Å²) < 4.78 is 37.6. The van der Waals surface area contributed by atoms with E-state index in [1.165, 1.54) is 0 Å². The van der Waals surface area contributed by atoms with Crippen LogP contribution in [-0.2, 0) is 0 Å². The number of nitrogens with two attached hydrogens (primary N) is 1. The Morgan fingerprint density at radius 2 is 1.91 bits per heavy atom. The number of hydrogen-bond donors (Lipinski definition) is 2. The molecule has 0 aliphatic carbocycles. The Labute approximate surface area is 140 Å². The maximum Gasteiger partial charge on any atom is 0.389 e. The molecule has 2 rings (SSSR count). The summed E-state index contributed by atoms with van der Waals surface area (Å²) in [6.07, 6.45) is -3.39. The quantitative estimate of drug-likeness (QED) is 0.866. The number of halogens is 5. The first kappa shape index (κ1) is 21.2. The smallest absolute Gasteiger partial charge is 0.383 e. The summed E-state index contributed by atoms with van der Waals surface area (Å²) in [5.74, 6) is 0.318. The average molecular weight is 361 g/mol. The van der Waals surface area contributed by atoms with Gasteiger partial charge in [-0.05, 0) is 12.5 Å². The van der Waals surface area contributed by atoms with Gasteiger partial charge in [-0.2, -0.15) is 13.2 Å². The highest BCUT2D eigenvalue weighted by molar-refractivity contribution is 5.85. The van der Waals surface area contributed by atoms with Crippen LogP contribution in [-0.4, -0.2) is 42.2 Å². The van der Waals surface area contributed by atoms with Gasteiger partial charge >= 0.3 is 6.18 Å². The van der Waals surface area contributed by atoms with Crippen molar-refractivity contribution in [2.75, 3.05) is 31.9 Å². The number of alkyl halides is 3. The maximum atomic E-state index is 12.5. The molecule has 22 heavy (non-hydrogen) atoms. The highest BCUT2D eigenvalue weighted by Gasteiger charge is 2.32. The van der Waals surface area contributed by atoms with Gasteiger partial charge in [0, 0.05) is 50.4 Å². The number of piperazine rings is 1. The fraction of sp³-hybridized carbons (Fsp3) is 0.615. The number of hydrogen-bond acceptors (Lipinski definition) is 4. The van der Waals surface area contributed by atoms with E-state index in [4.69, 9.17) is 5.73 Å². The van der Waals surface area contributed by atoms with Crippen LogP contribution in [0.3, 0.4) is 0 Å². The summed E-state index contributed by atoms with van der Waals surface area (Å²) in [5, 5.41) is 3.20. The largest absolute Gasteiger partial charge is 0.389 e. The first-order chi connectivity index (χ1) is 9.47. The summed E-state index contributed by atoms with van der Waals surface area (Å²) in [5.41, 5.74) is 6.53. The molecule has 1 aliphatic heterocycles. The summed E-state index contributed by atoms with van der Waals surface area (Å²) in [4.78, 5) is 6.04. The molecule has 0 amide bonds. The van der Waals surface area contributed by atoms with Crippen LogP contribution in [0.4, 0.5) is 19.0 Å². The topological polar surface area (TPSA) is 54.2 Å². The van der Waals surface area contributed by atoms with Gasteiger partial charge in [0.05, 0.1) is 0 Å². The summed E-state index contributed by atoms with van der Waals surface area (Å²) in [6.45, 7) is 3.00. The van der Waals surface area contributed by atoms with E-state index in [9.17, 15) is 13.2 Å². The second-order valence-corrected chi connectivity index (χ2v) is 4.93. The molecule has 1 aliphatic rings. The van der Waals surface area contributed by atoms with Crippen molar-refractivity contribution < 1.29 is 13.2 Å². The normalized spacial score (nSPS) is 17.2. The van der Waals surface area contributed by atoms with Crippen LogP contribution in [0.25, 0.3) is 0 Å². The molecule has 4 nitrogen and oxygen atoms in total. The van der Waals surface area contributed by atoms with Gasteiger partial charge in [0.2, 0.25) is 0 Å². The second kappa shape index (κ2) is 9.39. The third-order valence-corrected chi connectivity index (χ3v) is 3.52. The minimum absolute atomic E-state index is 0. The van der Waals surface area contributed by atoms with Crippen molar-refractivity contribution in [3.05, 3.63) is 23.9 Å². The average Bonchev–Trinajstić information content (AvgIpc) is 2.41.